The lowest BCUT2D eigenvalue weighted by Gasteiger charge is -2.34. The highest BCUT2D eigenvalue weighted by Gasteiger charge is 2.32. The molecule has 0 aromatic rings. The predicted molar refractivity (Wildman–Crippen MR) is 43.2 cm³/mol. The van der Waals surface area contributed by atoms with Crippen molar-refractivity contribution in [3.63, 3.8) is 0 Å². The normalized spacial score (nSPS) is 23.5. The van der Waals surface area contributed by atoms with Crippen molar-refractivity contribution in [2.75, 3.05) is 6.54 Å². The molecule has 1 aliphatic rings. The second kappa shape index (κ2) is 4.04. The Morgan fingerprint density at radius 3 is 2.45 bits per heavy atom. The molecule has 66 valence electrons. The van der Waals surface area contributed by atoms with Crippen LogP contribution < -0.4 is 5.32 Å². The van der Waals surface area contributed by atoms with Crippen LogP contribution in [0.1, 0.15) is 39.0 Å². The molecule has 0 atom stereocenters. The number of nitrogens with one attached hydrogen (secondary N) is 1. The van der Waals surface area contributed by atoms with Gasteiger partial charge in [-0.15, -0.1) is 0 Å². The molecule has 2 N–H and O–H groups in total. The summed E-state index contributed by atoms with van der Waals surface area (Å²) in [5, 5.41) is 11.9. The zero-order valence-electron chi connectivity index (χ0n) is 7.10. The van der Waals surface area contributed by atoms with Crippen LogP contribution in [0.25, 0.3) is 0 Å². The van der Waals surface area contributed by atoms with E-state index in [4.69, 9.17) is 5.26 Å². The molecule has 1 fully saturated rings. The van der Waals surface area contributed by atoms with Gasteiger partial charge >= 0.3 is 0 Å². The summed E-state index contributed by atoms with van der Waals surface area (Å²) in [5.74, 6) is 0. The van der Waals surface area contributed by atoms with E-state index in [0.717, 1.165) is 32.2 Å². The van der Waals surface area contributed by atoms with E-state index in [1.807, 2.05) is 6.92 Å². The average molecular weight is 159 g/mol. The Balaban J connectivity index is 2.42. The lowest BCUT2D eigenvalue weighted by atomic mass is 9.92. The van der Waals surface area contributed by atoms with Crippen molar-refractivity contribution < 1.29 is 10.1 Å². The number of hydrogen-bond acceptors (Lipinski definition) is 3. The van der Waals surface area contributed by atoms with Crippen LogP contribution >= 0.6 is 0 Å². The average Bonchev–Trinajstić information content (AvgIpc) is 2.07. The molecule has 0 bridgehead atoms. The highest BCUT2D eigenvalue weighted by molar-refractivity contribution is 4.79. The third kappa shape index (κ3) is 2.15. The first-order valence-corrected chi connectivity index (χ1v) is 4.40. The molecule has 3 nitrogen and oxygen atoms in total. The minimum absolute atomic E-state index is 0.424. The van der Waals surface area contributed by atoms with E-state index in [0.29, 0.717) is 0 Å². The molecule has 11 heavy (non-hydrogen) atoms. The van der Waals surface area contributed by atoms with Crippen LogP contribution in [0.5, 0.6) is 0 Å². The topological polar surface area (TPSA) is 41.5 Å². The predicted octanol–water partition coefficient (Wildman–Crippen LogP) is 1.75. The molecular formula is C8H17NO2. The maximum atomic E-state index is 8.71. The van der Waals surface area contributed by atoms with E-state index in [9.17, 15) is 0 Å². The molecule has 0 spiro atoms. The summed E-state index contributed by atoms with van der Waals surface area (Å²) in [5.41, 5.74) is -0.424. The van der Waals surface area contributed by atoms with Crippen LogP contribution in [0.15, 0.2) is 0 Å². The minimum Gasteiger partial charge on any atom is -0.287 e. The molecule has 0 heterocycles. The first-order chi connectivity index (χ1) is 5.33. The molecule has 0 radical (unpaired) electrons. The van der Waals surface area contributed by atoms with Gasteiger partial charge in [0.25, 0.3) is 0 Å². The molecule has 0 aromatic heterocycles. The van der Waals surface area contributed by atoms with Gasteiger partial charge in [-0.1, -0.05) is 13.3 Å². The van der Waals surface area contributed by atoms with Crippen molar-refractivity contribution in [3.05, 3.63) is 0 Å². The molecular weight excluding hydrogens is 142 g/mol. The van der Waals surface area contributed by atoms with E-state index in [1.54, 1.807) is 0 Å². The fraction of sp³-hybridized carbons (Fsp3) is 1.00. The maximum absolute atomic E-state index is 8.71. The van der Waals surface area contributed by atoms with Crippen molar-refractivity contribution >= 4 is 0 Å². The fourth-order valence-corrected chi connectivity index (χ4v) is 1.75. The largest absolute Gasteiger partial charge is 0.287 e. The zero-order chi connectivity index (χ0) is 8.16. The zero-order valence-corrected chi connectivity index (χ0v) is 7.10. The summed E-state index contributed by atoms with van der Waals surface area (Å²) in [7, 11) is 0. The van der Waals surface area contributed by atoms with Crippen LogP contribution in [-0.2, 0) is 4.89 Å². The van der Waals surface area contributed by atoms with Crippen LogP contribution in [0.4, 0.5) is 0 Å². The summed E-state index contributed by atoms with van der Waals surface area (Å²) < 4.78 is 0. The Bertz CT molecular complexity index is 105. The highest BCUT2D eigenvalue weighted by atomic mass is 17.1. The van der Waals surface area contributed by atoms with Crippen LogP contribution in [0.3, 0.4) is 0 Å². The van der Waals surface area contributed by atoms with Crippen molar-refractivity contribution in [3.8, 4) is 0 Å². The van der Waals surface area contributed by atoms with Crippen molar-refractivity contribution in [1.82, 2.24) is 5.32 Å². The van der Waals surface area contributed by atoms with Crippen LogP contribution in [0.2, 0.25) is 0 Å². The van der Waals surface area contributed by atoms with Gasteiger partial charge < -0.3 is 0 Å². The lowest BCUT2D eigenvalue weighted by molar-refractivity contribution is -0.340. The molecule has 3 heteroatoms. The standard InChI is InChI=1S/C8H17NO2/c1-2-9-8(11-10)6-4-3-5-7-8/h9-10H,2-7H2,1H3. The van der Waals surface area contributed by atoms with E-state index in [-0.39, 0.29) is 0 Å². The van der Waals surface area contributed by atoms with Gasteiger partial charge in [0.2, 0.25) is 0 Å². The molecule has 1 saturated carbocycles. The van der Waals surface area contributed by atoms with Gasteiger partial charge in [0, 0.05) is 0 Å². The second-order valence-electron chi connectivity index (χ2n) is 3.18. The van der Waals surface area contributed by atoms with Gasteiger partial charge in [0.1, 0.15) is 0 Å². The van der Waals surface area contributed by atoms with Crippen molar-refractivity contribution in [2.24, 2.45) is 0 Å². The quantitative estimate of drug-likeness (QED) is 0.374. The lowest BCUT2D eigenvalue weighted by Crippen LogP contribution is -2.48. The minimum atomic E-state index is -0.424. The van der Waals surface area contributed by atoms with Crippen LogP contribution in [-0.4, -0.2) is 17.5 Å². The molecule has 0 amide bonds. The number of rotatable bonds is 3. The first-order valence-electron chi connectivity index (χ1n) is 4.40. The van der Waals surface area contributed by atoms with Crippen molar-refractivity contribution in [1.29, 1.82) is 0 Å². The number of hydrogen-bond donors (Lipinski definition) is 2. The maximum Gasteiger partial charge on any atom is 0.154 e. The Morgan fingerprint density at radius 2 is 2.00 bits per heavy atom. The molecule has 1 rings (SSSR count). The van der Waals surface area contributed by atoms with Crippen molar-refractivity contribution in [2.45, 2.75) is 44.8 Å². The van der Waals surface area contributed by atoms with E-state index < -0.39 is 5.72 Å². The van der Waals surface area contributed by atoms with Gasteiger partial charge in [-0.25, -0.2) is 10.1 Å². The Morgan fingerprint density at radius 1 is 1.36 bits per heavy atom. The molecule has 0 saturated heterocycles. The Hall–Kier alpha value is -0.120. The van der Waals surface area contributed by atoms with Gasteiger partial charge in [-0.2, -0.15) is 0 Å². The monoisotopic (exact) mass is 159 g/mol. The first kappa shape index (κ1) is 8.97. The summed E-state index contributed by atoms with van der Waals surface area (Å²) >= 11 is 0. The third-order valence-electron chi connectivity index (χ3n) is 2.33. The molecule has 0 unspecified atom stereocenters. The van der Waals surface area contributed by atoms with Crippen LogP contribution in [0, 0.1) is 0 Å². The smallest absolute Gasteiger partial charge is 0.154 e. The third-order valence-corrected chi connectivity index (χ3v) is 2.33. The highest BCUT2D eigenvalue weighted by Crippen LogP contribution is 2.28. The summed E-state index contributed by atoms with van der Waals surface area (Å²) in [6, 6.07) is 0. The van der Waals surface area contributed by atoms with Gasteiger partial charge in [0.15, 0.2) is 5.72 Å². The van der Waals surface area contributed by atoms with Gasteiger partial charge in [-0.05, 0) is 32.2 Å². The Kier molecular flexibility index (Phi) is 3.30. The SMILES string of the molecule is CCNC1(OO)CCCCC1. The van der Waals surface area contributed by atoms with E-state index >= 15 is 0 Å². The molecule has 0 aliphatic heterocycles. The summed E-state index contributed by atoms with van der Waals surface area (Å²) in [4.78, 5) is 4.51. The van der Waals surface area contributed by atoms with E-state index in [1.165, 1.54) is 6.42 Å². The fourth-order valence-electron chi connectivity index (χ4n) is 1.75. The summed E-state index contributed by atoms with van der Waals surface area (Å²) in [6.45, 7) is 2.87. The van der Waals surface area contributed by atoms with Gasteiger partial charge in [0.05, 0.1) is 0 Å². The summed E-state index contributed by atoms with van der Waals surface area (Å²) in [6.07, 6.45) is 5.41. The molecule has 0 aromatic carbocycles. The molecule has 1 aliphatic carbocycles. The Labute approximate surface area is 67.7 Å². The second-order valence-corrected chi connectivity index (χ2v) is 3.18. The van der Waals surface area contributed by atoms with Gasteiger partial charge in [-0.3, -0.25) is 5.32 Å². The van der Waals surface area contributed by atoms with E-state index in [2.05, 4.69) is 10.2 Å².